The van der Waals surface area contributed by atoms with Crippen molar-refractivity contribution in [2.24, 2.45) is 10.9 Å². The minimum Gasteiger partial charge on any atom is -0.393 e. The number of nitrogens with one attached hydrogen (secondary N) is 2. The zero-order valence-electron chi connectivity index (χ0n) is 15.5. The Labute approximate surface area is 165 Å². The molecule has 1 saturated carbocycles. The predicted molar refractivity (Wildman–Crippen MR) is 112 cm³/mol. The maximum Gasteiger partial charge on any atom is 0.191 e. The molecule has 1 aliphatic carbocycles. The minimum absolute atomic E-state index is 0. The predicted octanol–water partition coefficient (Wildman–Crippen LogP) is 2.59. The minimum atomic E-state index is -0.150. The molecule has 0 radical (unpaired) electrons. The second kappa shape index (κ2) is 12.3. The average molecular weight is 452 g/mol. The number of likely N-dealkylation sites (tertiary alicyclic amines) is 1. The third-order valence-corrected chi connectivity index (χ3v) is 5.20. The van der Waals surface area contributed by atoms with Crippen LogP contribution in [0, 0.1) is 5.92 Å². The number of hydrogen-bond acceptors (Lipinski definition) is 3. The largest absolute Gasteiger partial charge is 0.393 e. The molecule has 2 fully saturated rings. The van der Waals surface area contributed by atoms with Gasteiger partial charge in [0.25, 0.3) is 0 Å². The van der Waals surface area contributed by atoms with Gasteiger partial charge in [0, 0.05) is 38.1 Å². The van der Waals surface area contributed by atoms with Crippen LogP contribution in [0.2, 0.25) is 0 Å². The van der Waals surface area contributed by atoms with Crippen LogP contribution >= 0.6 is 24.0 Å². The Bertz CT molecular complexity index is 359. The summed E-state index contributed by atoms with van der Waals surface area (Å²) in [4.78, 5) is 7.31. The average Bonchev–Trinajstić information content (AvgIpc) is 2.97. The van der Waals surface area contributed by atoms with E-state index >= 15 is 0 Å². The summed E-state index contributed by atoms with van der Waals surface area (Å²) in [7, 11) is 0. The fourth-order valence-corrected chi connectivity index (χ4v) is 3.63. The van der Waals surface area contributed by atoms with Crippen LogP contribution in [-0.2, 0) is 0 Å². The van der Waals surface area contributed by atoms with Crippen molar-refractivity contribution in [3.63, 3.8) is 0 Å². The van der Waals surface area contributed by atoms with Gasteiger partial charge in [-0.05, 0) is 45.6 Å². The highest BCUT2D eigenvalue weighted by molar-refractivity contribution is 14.0. The van der Waals surface area contributed by atoms with Gasteiger partial charge in [-0.3, -0.25) is 4.99 Å². The third-order valence-electron chi connectivity index (χ3n) is 5.20. The molecule has 24 heavy (non-hydrogen) atoms. The van der Waals surface area contributed by atoms with Crippen molar-refractivity contribution in [3.8, 4) is 0 Å². The highest BCUT2D eigenvalue weighted by atomic mass is 127. The molecule has 2 unspecified atom stereocenters. The lowest BCUT2D eigenvalue weighted by Gasteiger charge is -2.33. The Morgan fingerprint density at radius 2 is 1.92 bits per heavy atom. The number of halogens is 1. The molecule has 142 valence electrons. The topological polar surface area (TPSA) is 59.9 Å². The Balaban J connectivity index is 0.00000288. The van der Waals surface area contributed by atoms with Gasteiger partial charge >= 0.3 is 0 Å². The van der Waals surface area contributed by atoms with Crippen LogP contribution in [0.1, 0.15) is 58.8 Å². The fourth-order valence-electron chi connectivity index (χ4n) is 3.63. The van der Waals surface area contributed by atoms with Gasteiger partial charge in [-0.1, -0.05) is 19.8 Å². The standard InChI is InChI=1S/C18H36N4O.HI/c1-3-5-11-22-12-9-16(10-13-22)21-18(19-4-2)20-14-15-7-6-8-17(15)23;/h15-17,23H,3-14H2,1-2H3,(H2,19,20,21);1H. The van der Waals surface area contributed by atoms with Gasteiger partial charge in [0.2, 0.25) is 0 Å². The van der Waals surface area contributed by atoms with Crippen LogP contribution < -0.4 is 10.6 Å². The van der Waals surface area contributed by atoms with Crippen LogP contribution in [0.25, 0.3) is 0 Å². The molecule has 2 rings (SSSR count). The molecule has 0 aromatic rings. The van der Waals surface area contributed by atoms with Crippen LogP contribution in [0.5, 0.6) is 0 Å². The van der Waals surface area contributed by atoms with E-state index in [0.717, 1.165) is 38.3 Å². The van der Waals surface area contributed by atoms with Crippen molar-refractivity contribution >= 4 is 29.9 Å². The first-order chi connectivity index (χ1) is 11.2. The maximum atomic E-state index is 9.94. The summed E-state index contributed by atoms with van der Waals surface area (Å²) >= 11 is 0. The van der Waals surface area contributed by atoms with Crippen molar-refractivity contribution in [2.45, 2.75) is 70.9 Å². The van der Waals surface area contributed by atoms with E-state index in [0.29, 0.717) is 12.0 Å². The van der Waals surface area contributed by atoms with Gasteiger partial charge in [0.15, 0.2) is 5.96 Å². The van der Waals surface area contributed by atoms with Crippen molar-refractivity contribution in [2.75, 3.05) is 32.7 Å². The number of aliphatic hydroxyl groups excluding tert-OH is 1. The Hall–Kier alpha value is -0.0800. The Morgan fingerprint density at radius 1 is 1.17 bits per heavy atom. The van der Waals surface area contributed by atoms with E-state index in [1.807, 2.05) is 0 Å². The van der Waals surface area contributed by atoms with Crippen LogP contribution in [0.4, 0.5) is 0 Å². The molecule has 0 aromatic carbocycles. The van der Waals surface area contributed by atoms with E-state index in [-0.39, 0.29) is 30.1 Å². The molecular weight excluding hydrogens is 415 g/mol. The molecule has 2 atom stereocenters. The van der Waals surface area contributed by atoms with Crippen molar-refractivity contribution < 1.29 is 5.11 Å². The molecule has 1 heterocycles. The molecule has 1 saturated heterocycles. The first kappa shape index (κ1) is 22.0. The van der Waals surface area contributed by atoms with Gasteiger partial charge < -0.3 is 20.6 Å². The first-order valence-electron chi connectivity index (χ1n) is 9.68. The van der Waals surface area contributed by atoms with Crippen molar-refractivity contribution in [1.82, 2.24) is 15.5 Å². The quantitative estimate of drug-likeness (QED) is 0.316. The number of hydrogen-bond donors (Lipinski definition) is 3. The van der Waals surface area contributed by atoms with E-state index in [9.17, 15) is 5.11 Å². The van der Waals surface area contributed by atoms with E-state index < -0.39 is 0 Å². The monoisotopic (exact) mass is 452 g/mol. The first-order valence-corrected chi connectivity index (χ1v) is 9.68. The molecular formula is C18H37IN4O. The summed E-state index contributed by atoms with van der Waals surface area (Å²) in [6.07, 6.45) is 8.03. The molecule has 2 aliphatic rings. The molecule has 0 amide bonds. The summed E-state index contributed by atoms with van der Waals surface area (Å²) in [6, 6.07) is 0.527. The molecule has 3 N–H and O–H groups in total. The van der Waals surface area contributed by atoms with Gasteiger partial charge in [0.1, 0.15) is 0 Å². The zero-order chi connectivity index (χ0) is 16.5. The molecule has 0 aromatic heterocycles. The van der Waals surface area contributed by atoms with Crippen LogP contribution in [-0.4, -0.2) is 60.8 Å². The summed E-state index contributed by atoms with van der Waals surface area (Å²) in [5.74, 6) is 1.28. The third kappa shape index (κ3) is 7.44. The highest BCUT2D eigenvalue weighted by Crippen LogP contribution is 2.25. The summed E-state index contributed by atoms with van der Waals surface area (Å²) in [6.45, 7) is 9.62. The molecule has 1 aliphatic heterocycles. The smallest absolute Gasteiger partial charge is 0.191 e. The Kier molecular flexibility index (Phi) is 11.3. The lowest BCUT2D eigenvalue weighted by Crippen LogP contribution is -2.49. The van der Waals surface area contributed by atoms with E-state index in [1.54, 1.807) is 0 Å². The van der Waals surface area contributed by atoms with E-state index in [4.69, 9.17) is 4.99 Å². The van der Waals surface area contributed by atoms with Gasteiger partial charge in [-0.25, -0.2) is 0 Å². The normalized spacial score (nSPS) is 26.2. The SMILES string of the molecule is CCCCN1CCC(NC(=NCC2CCCC2O)NCC)CC1.I. The Morgan fingerprint density at radius 3 is 2.50 bits per heavy atom. The van der Waals surface area contributed by atoms with E-state index in [2.05, 4.69) is 29.4 Å². The lowest BCUT2D eigenvalue weighted by atomic mass is 10.0. The number of nitrogens with zero attached hydrogens (tertiary/aromatic N) is 2. The zero-order valence-corrected chi connectivity index (χ0v) is 17.8. The molecule has 6 heteroatoms. The maximum absolute atomic E-state index is 9.94. The van der Waals surface area contributed by atoms with Gasteiger partial charge in [-0.2, -0.15) is 0 Å². The number of rotatable bonds is 7. The van der Waals surface area contributed by atoms with Crippen molar-refractivity contribution in [1.29, 1.82) is 0 Å². The molecule has 5 nitrogen and oxygen atoms in total. The number of aliphatic imine (C=N–C) groups is 1. The second-order valence-corrected chi connectivity index (χ2v) is 7.09. The summed E-state index contributed by atoms with van der Waals surface area (Å²) in [5.41, 5.74) is 0. The van der Waals surface area contributed by atoms with Crippen molar-refractivity contribution in [3.05, 3.63) is 0 Å². The van der Waals surface area contributed by atoms with Crippen LogP contribution in [0.3, 0.4) is 0 Å². The summed E-state index contributed by atoms with van der Waals surface area (Å²) < 4.78 is 0. The lowest BCUT2D eigenvalue weighted by molar-refractivity contribution is 0.136. The summed E-state index contributed by atoms with van der Waals surface area (Å²) in [5, 5.41) is 16.9. The number of piperidine rings is 1. The number of guanidine groups is 1. The van der Waals surface area contributed by atoms with Gasteiger partial charge in [0.05, 0.1) is 6.10 Å². The second-order valence-electron chi connectivity index (χ2n) is 7.09. The fraction of sp³-hybridized carbons (Fsp3) is 0.944. The highest BCUT2D eigenvalue weighted by Gasteiger charge is 2.25. The van der Waals surface area contributed by atoms with E-state index in [1.165, 1.54) is 45.3 Å². The number of unbranched alkanes of at least 4 members (excludes halogenated alkanes) is 1. The van der Waals surface area contributed by atoms with Gasteiger partial charge in [-0.15, -0.1) is 24.0 Å². The molecule has 0 spiro atoms. The number of aliphatic hydroxyl groups is 1. The van der Waals surface area contributed by atoms with Crippen LogP contribution in [0.15, 0.2) is 4.99 Å². The molecule has 0 bridgehead atoms.